The molecule has 204 valence electrons. The van der Waals surface area contributed by atoms with E-state index < -0.39 is 0 Å². The van der Waals surface area contributed by atoms with E-state index in [9.17, 15) is 4.79 Å². The van der Waals surface area contributed by atoms with Crippen molar-refractivity contribution in [1.82, 2.24) is 29.6 Å². The van der Waals surface area contributed by atoms with E-state index in [1.54, 1.807) is 12.4 Å². The summed E-state index contributed by atoms with van der Waals surface area (Å²) >= 11 is 0. The van der Waals surface area contributed by atoms with Gasteiger partial charge in [-0.3, -0.25) is 19.4 Å². The Bertz CT molecular complexity index is 1740. The lowest BCUT2D eigenvalue weighted by atomic mass is 10.0. The number of H-pyrrole nitrogens is 1. The summed E-state index contributed by atoms with van der Waals surface area (Å²) in [5, 5.41) is 9.23. The molecule has 0 amide bonds. The standard InChI is InChI=1S/C30H32N8O2/c1-19-13-23(3-4-24(19)22-16-34-38(18-22)8-7-37-9-11-40-12-10-37)35-29-28-21(5-6-32-30(28)39)15-27(36-29)26-14-20(2)25(31)17-33-26/h3-6,13-18H,7-12,31H2,1-2H3,(H,32,39)(H,35,36). The minimum Gasteiger partial charge on any atom is -0.397 e. The van der Waals surface area contributed by atoms with E-state index >= 15 is 0 Å². The molecule has 5 aromatic rings. The number of hydrogen-bond acceptors (Lipinski definition) is 8. The Hall–Kier alpha value is -4.54. The Morgan fingerprint density at radius 1 is 1.02 bits per heavy atom. The van der Waals surface area contributed by atoms with Crippen LogP contribution in [-0.4, -0.2) is 62.5 Å². The van der Waals surface area contributed by atoms with Gasteiger partial charge >= 0.3 is 0 Å². The molecular formula is C30H32N8O2. The molecule has 5 heterocycles. The lowest BCUT2D eigenvalue weighted by molar-refractivity contribution is 0.0360. The van der Waals surface area contributed by atoms with Crippen molar-refractivity contribution in [3.8, 4) is 22.5 Å². The lowest BCUT2D eigenvalue weighted by Crippen LogP contribution is -2.38. The van der Waals surface area contributed by atoms with Crippen LogP contribution in [0.5, 0.6) is 0 Å². The van der Waals surface area contributed by atoms with E-state index in [1.165, 1.54) is 0 Å². The fourth-order valence-corrected chi connectivity index (χ4v) is 5.04. The highest BCUT2D eigenvalue weighted by Gasteiger charge is 2.15. The fraction of sp³-hybridized carbons (Fsp3) is 0.267. The van der Waals surface area contributed by atoms with Gasteiger partial charge in [-0.05, 0) is 66.3 Å². The number of aromatic amines is 1. The molecule has 1 aromatic carbocycles. The monoisotopic (exact) mass is 536 g/mol. The molecule has 1 aliphatic heterocycles. The van der Waals surface area contributed by atoms with Crippen molar-refractivity contribution in [2.45, 2.75) is 20.4 Å². The maximum atomic E-state index is 12.8. The molecule has 10 nitrogen and oxygen atoms in total. The zero-order chi connectivity index (χ0) is 27.6. The molecule has 0 atom stereocenters. The summed E-state index contributed by atoms with van der Waals surface area (Å²) < 4.78 is 7.44. The number of ether oxygens (including phenoxy) is 1. The number of nitrogen functional groups attached to an aromatic ring is 1. The highest BCUT2D eigenvalue weighted by atomic mass is 16.5. The molecular weight excluding hydrogens is 504 g/mol. The van der Waals surface area contributed by atoms with Crippen LogP contribution in [0.4, 0.5) is 17.2 Å². The molecule has 0 aliphatic carbocycles. The van der Waals surface area contributed by atoms with Crippen LogP contribution in [0.15, 0.2) is 66.0 Å². The van der Waals surface area contributed by atoms with Crippen LogP contribution >= 0.6 is 0 Å². The third-order valence-electron chi connectivity index (χ3n) is 7.35. The number of morpholine rings is 1. The number of nitrogens with zero attached hydrogens (tertiary/aromatic N) is 5. The van der Waals surface area contributed by atoms with Crippen molar-refractivity contribution in [3.63, 3.8) is 0 Å². The molecule has 6 rings (SSSR count). The Labute approximate surface area is 231 Å². The van der Waals surface area contributed by atoms with Crippen LogP contribution in [0.25, 0.3) is 33.3 Å². The van der Waals surface area contributed by atoms with Gasteiger partial charge in [0, 0.05) is 43.3 Å². The van der Waals surface area contributed by atoms with Gasteiger partial charge in [-0.25, -0.2) is 4.98 Å². The largest absolute Gasteiger partial charge is 0.397 e. The smallest absolute Gasteiger partial charge is 0.259 e. The number of nitrogens with two attached hydrogens (primary N) is 1. The molecule has 4 N–H and O–H groups in total. The predicted molar refractivity (Wildman–Crippen MR) is 158 cm³/mol. The summed E-state index contributed by atoms with van der Waals surface area (Å²) in [6, 6.07) is 11.8. The predicted octanol–water partition coefficient (Wildman–Crippen LogP) is 4.12. The highest BCUT2D eigenvalue weighted by Crippen LogP contribution is 2.30. The van der Waals surface area contributed by atoms with Crippen LogP contribution in [0, 0.1) is 13.8 Å². The molecule has 0 radical (unpaired) electrons. The van der Waals surface area contributed by atoms with Crippen LogP contribution < -0.4 is 16.6 Å². The minimum atomic E-state index is -0.210. The van der Waals surface area contributed by atoms with Gasteiger partial charge in [0.25, 0.3) is 5.56 Å². The van der Waals surface area contributed by atoms with Crippen LogP contribution in [0.1, 0.15) is 11.1 Å². The van der Waals surface area contributed by atoms with Crippen molar-refractivity contribution in [1.29, 1.82) is 0 Å². The topological polar surface area (TPSA) is 127 Å². The number of anilines is 3. The molecule has 0 spiro atoms. The number of rotatable bonds is 7. The summed E-state index contributed by atoms with van der Waals surface area (Å²) in [4.78, 5) is 27.3. The van der Waals surface area contributed by atoms with Gasteiger partial charge in [0.05, 0.1) is 54.6 Å². The van der Waals surface area contributed by atoms with Gasteiger partial charge in [-0.15, -0.1) is 0 Å². The minimum absolute atomic E-state index is 0.210. The number of aromatic nitrogens is 5. The number of pyridine rings is 3. The average Bonchev–Trinajstić information content (AvgIpc) is 3.43. The first-order valence-electron chi connectivity index (χ1n) is 13.4. The molecule has 4 aromatic heterocycles. The van der Waals surface area contributed by atoms with E-state index in [2.05, 4.69) is 50.5 Å². The van der Waals surface area contributed by atoms with E-state index in [-0.39, 0.29) is 5.56 Å². The number of benzene rings is 1. The molecule has 1 fully saturated rings. The van der Waals surface area contributed by atoms with Crippen LogP contribution in [0.3, 0.4) is 0 Å². The van der Waals surface area contributed by atoms with Gasteiger partial charge in [-0.2, -0.15) is 5.10 Å². The van der Waals surface area contributed by atoms with E-state index in [0.29, 0.717) is 28.3 Å². The molecule has 0 saturated carbocycles. The van der Waals surface area contributed by atoms with E-state index in [4.69, 9.17) is 15.5 Å². The van der Waals surface area contributed by atoms with Crippen molar-refractivity contribution >= 4 is 28.0 Å². The molecule has 0 bridgehead atoms. The Kier molecular flexibility index (Phi) is 7.02. The van der Waals surface area contributed by atoms with Crippen molar-refractivity contribution in [3.05, 3.63) is 82.7 Å². The van der Waals surface area contributed by atoms with Crippen LogP contribution in [0.2, 0.25) is 0 Å². The molecule has 1 saturated heterocycles. The van der Waals surface area contributed by atoms with Crippen LogP contribution in [-0.2, 0) is 11.3 Å². The second kappa shape index (κ2) is 10.9. The van der Waals surface area contributed by atoms with Gasteiger partial charge in [0.2, 0.25) is 0 Å². The zero-order valence-electron chi connectivity index (χ0n) is 22.6. The molecule has 0 unspecified atom stereocenters. The molecule has 10 heteroatoms. The first-order chi connectivity index (χ1) is 19.4. The SMILES string of the molecule is Cc1cc(-c2cc3cc[nH]c(=O)c3c(Nc3ccc(-c4cnn(CCN5CCOCC5)c4)c(C)c3)n2)ncc1N. The fourth-order valence-electron chi connectivity index (χ4n) is 5.04. The van der Waals surface area contributed by atoms with Gasteiger partial charge < -0.3 is 20.8 Å². The van der Waals surface area contributed by atoms with E-state index in [1.807, 2.05) is 42.1 Å². The van der Waals surface area contributed by atoms with Crippen molar-refractivity contribution in [2.24, 2.45) is 0 Å². The van der Waals surface area contributed by atoms with Gasteiger partial charge in [0.1, 0.15) is 5.82 Å². The highest BCUT2D eigenvalue weighted by molar-refractivity contribution is 5.95. The number of hydrogen-bond donors (Lipinski definition) is 3. The average molecular weight is 537 g/mol. The molecule has 1 aliphatic rings. The maximum absolute atomic E-state index is 12.8. The molecule has 40 heavy (non-hydrogen) atoms. The second-order valence-electron chi connectivity index (χ2n) is 10.2. The van der Waals surface area contributed by atoms with Gasteiger partial charge in [0.15, 0.2) is 0 Å². The maximum Gasteiger partial charge on any atom is 0.259 e. The lowest BCUT2D eigenvalue weighted by Gasteiger charge is -2.26. The normalized spacial score (nSPS) is 14.1. The summed E-state index contributed by atoms with van der Waals surface area (Å²) in [7, 11) is 0. The summed E-state index contributed by atoms with van der Waals surface area (Å²) in [6.07, 6.45) is 7.28. The summed E-state index contributed by atoms with van der Waals surface area (Å²) in [6.45, 7) is 9.33. The third-order valence-corrected chi connectivity index (χ3v) is 7.35. The zero-order valence-corrected chi connectivity index (χ0v) is 22.6. The number of fused-ring (bicyclic) bond motifs is 1. The third kappa shape index (κ3) is 5.31. The number of nitrogens with one attached hydrogen (secondary N) is 2. The first-order valence-corrected chi connectivity index (χ1v) is 13.4. The van der Waals surface area contributed by atoms with Gasteiger partial charge in [-0.1, -0.05) is 6.07 Å². The number of aryl methyl sites for hydroxylation is 2. The Morgan fingerprint density at radius 2 is 1.88 bits per heavy atom. The first kappa shape index (κ1) is 25.7. The Balaban J connectivity index is 1.27. The second-order valence-corrected chi connectivity index (χ2v) is 10.2. The van der Waals surface area contributed by atoms with E-state index in [0.717, 1.165) is 72.7 Å². The van der Waals surface area contributed by atoms with Crippen molar-refractivity contribution < 1.29 is 4.74 Å². The summed E-state index contributed by atoms with van der Waals surface area (Å²) in [5.74, 6) is 0.466. The Morgan fingerprint density at radius 3 is 2.67 bits per heavy atom. The quantitative estimate of drug-likeness (QED) is 0.284. The summed E-state index contributed by atoms with van der Waals surface area (Å²) in [5.41, 5.74) is 12.7. The van der Waals surface area contributed by atoms with Crippen molar-refractivity contribution in [2.75, 3.05) is 43.9 Å².